The van der Waals surface area contributed by atoms with Gasteiger partial charge in [-0.1, -0.05) is 37.3 Å². The molecule has 2 aliphatic rings. The van der Waals surface area contributed by atoms with Crippen molar-refractivity contribution in [2.75, 3.05) is 11.9 Å². The maximum atomic E-state index is 13.1. The van der Waals surface area contributed by atoms with Crippen molar-refractivity contribution in [1.82, 2.24) is 30.5 Å². The molecule has 2 unspecified atom stereocenters. The number of H-pyrrole nitrogens is 1. The topological polar surface area (TPSA) is 117 Å². The lowest BCUT2D eigenvalue weighted by Crippen LogP contribution is -2.49. The van der Waals surface area contributed by atoms with E-state index in [2.05, 4.69) is 37.4 Å². The predicted molar refractivity (Wildman–Crippen MR) is 108 cm³/mol. The standard InChI is InChI=1S/C21H21N7O2/c1-11-14-15(11)17(21(30)28(2)19-16(14)22-8-9-23-19)25-20(29)18-24-13(26-27-18)10-12-6-4-3-5-7-12/h3-9,11,14-15,17H,10H2,1-2H3,(H,25,29)(H,24,26,27)/t11-,14?,15?,17-/m0/s1. The van der Waals surface area contributed by atoms with Crippen LogP contribution in [0.15, 0.2) is 42.7 Å². The van der Waals surface area contributed by atoms with Gasteiger partial charge in [0.2, 0.25) is 5.82 Å². The average molecular weight is 403 g/mol. The van der Waals surface area contributed by atoms with Gasteiger partial charge in [0.05, 0.1) is 5.69 Å². The predicted octanol–water partition coefficient (Wildman–Crippen LogP) is 1.31. The number of carbonyl (C=O) groups is 2. The average Bonchev–Trinajstić information content (AvgIpc) is 3.21. The number of nitrogens with one attached hydrogen (secondary N) is 2. The van der Waals surface area contributed by atoms with Crippen LogP contribution >= 0.6 is 0 Å². The van der Waals surface area contributed by atoms with Gasteiger partial charge in [-0.3, -0.25) is 24.6 Å². The Morgan fingerprint density at radius 1 is 1.20 bits per heavy atom. The highest BCUT2D eigenvalue weighted by atomic mass is 16.2. The number of rotatable bonds is 4. The highest BCUT2D eigenvalue weighted by Crippen LogP contribution is 2.58. The van der Waals surface area contributed by atoms with Crippen LogP contribution in [0.1, 0.15) is 40.5 Å². The van der Waals surface area contributed by atoms with E-state index in [1.54, 1.807) is 19.4 Å². The lowest BCUT2D eigenvalue weighted by atomic mass is 10.1. The van der Waals surface area contributed by atoms with Crippen molar-refractivity contribution >= 4 is 17.6 Å². The molecule has 0 radical (unpaired) electrons. The number of carbonyl (C=O) groups excluding carboxylic acids is 2. The Bertz CT molecular complexity index is 1110. The summed E-state index contributed by atoms with van der Waals surface area (Å²) in [7, 11) is 1.66. The first-order valence-electron chi connectivity index (χ1n) is 9.89. The van der Waals surface area contributed by atoms with Gasteiger partial charge in [0.25, 0.3) is 11.8 Å². The molecule has 30 heavy (non-hydrogen) atoms. The first kappa shape index (κ1) is 18.4. The number of aromatic nitrogens is 5. The lowest BCUT2D eigenvalue weighted by Gasteiger charge is -2.22. The molecule has 2 amide bonds. The lowest BCUT2D eigenvalue weighted by molar-refractivity contribution is -0.120. The molecule has 152 valence electrons. The summed E-state index contributed by atoms with van der Waals surface area (Å²) in [6.07, 6.45) is 3.76. The number of nitrogens with zero attached hydrogens (tertiary/aromatic N) is 5. The van der Waals surface area contributed by atoms with E-state index in [9.17, 15) is 9.59 Å². The number of anilines is 1. The molecule has 2 N–H and O–H groups in total. The molecule has 4 atom stereocenters. The molecule has 0 spiro atoms. The fourth-order valence-electron chi connectivity index (χ4n) is 4.38. The summed E-state index contributed by atoms with van der Waals surface area (Å²) in [5, 5.41) is 9.72. The molecule has 9 heteroatoms. The molecule has 2 aromatic heterocycles. The highest BCUT2D eigenvalue weighted by Gasteiger charge is 2.59. The van der Waals surface area contributed by atoms with E-state index in [0.717, 1.165) is 11.3 Å². The molecule has 1 aromatic carbocycles. The molecule has 1 fully saturated rings. The quantitative estimate of drug-likeness (QED) is 0.678. The largest absolute Gasteiger partial charge is 0.337 e. The maximum absolute atomic E-state index is 13.1. The molecule has 1 saturated carbocycles. The number of aromatic amines is 1. The molecule has 0 saturated heterocycles. The van der Waals surface area contributed by atoms with Gasteiger partial charge in [0.1, 0.15) is 11.9 Å². The number of hydrogen-bond donors (Lipinski definition) is 2. The number of fused-ring (bicyclic) bond motifs is 3. The van der Waals surface area contributed by atoms with Crippen molar-refractivity contribution in [3.63, 3.8) is 0 Å². The first-order valence-corrected chi connectivity index (χ1v) is 9.89. The third-order valence-corrected chi connectivity index (χ3v) is 6.00. The van der Waals surface area contributed by atoms with Gasteiger partial charge >= 0.3 is 0 Å². The van der Waals surface area contributed by atoms with Gasteiger partial charge < -0.3 is 5.32 Å². The third kappa shape index (κ3) is 3.02. The molecule has 0 bridgehead atoms. The van der Waals surface area contributed by atoms with E-state index in [1.165, 1.54) is 4.90 Å². The molecule has 1 aliphatic heterocycles. The Balaban J connectivity index is 1.35. The van der Waals surface area contributed by atoms with Crippen LogP contribution in [0.25, 0.3) is 0 Å². The highest BCUT2D eigenvalue weighted by molar-refractivity contribution is 6.02. The van der Waals surface area contributed by atoms with E-state index >= 15 is 0 Å². The molecular weight excluding hydrogens is 382 g/mol. The fraction of sp³-hybridized carbons (Fsp3) is 0.333. The summed E-state index contributed by atoms with van der Waals surface area (Å²) in [5.74, 6) is 0.793. The zero-order valence-electron chi connectivity index (χ0n) is 16.6. The van der Waals surface area contributed by atoms with Gasteiger partial charge in [-0.25, -0.2) is 9.97 Å². The number of hydrogen-bond acceptors (Lipinski definition) is 6. The van der Waals surface area contributed by atoms with Crippen molar-refractivity contribution in [2.45, 2.75) is 25.3 Å². The van der Waals surface area contributed by atoms with Gasteiger partial charge in [0, 0.05) is 37.7 Å². The van der Waals surface area contributed by atoms with E-state index in [4.69, 9.17) is 0 Å². The summed E-state index contributed by atoms with van der Waals surface area (Å²) in [5.41, 5.74) is 1.87. The maximum Gasteiger partial charge on any atom is 0.291 e. The van der Waals surface area contributed by atoms with E-state index in [0.29, 0.717) is 18.1 Å². The monoisotopic (exact) mass is 403 g/mol. The summed E-state index contributed by atoms with van der Waals surface area (Å²) in [4.78, 5) is 40.5. The Kier molecular flexibility index (Phi) is 4.30. The second kappa shape index (κ2) is 7.01. The van der Waals surface area contributed by atoms with Crippen LogP contribution in [0.3, 0.4) is 0 Å². The minimum Gasteiger partial charge on any atom is -0.337 e. The van der Waals surface area contributed by atoms with Gasteiger partial charge in [-0.2, -0.15) is 0 Å². The van der Waals surface area contributed by atoms with Crippen LogP contribution in [0, 0.1) is 11.8 Å². The SMILES string of the molecule is C[C@H]1C2c3nccnc3N(C)C(=O)[C@@H](NC(=O)c3n[nH]c(Cc4ccccc4)n3)C21. The Morgan fingerprint density at radius 3 is 2.77 bits per heavy atom. The summed E-state index contributed by atoms with van der Waals surface area (Å²) >= 11 is 0. The second-order valence-electron chi connectivity index (χ2n) is 7.84. The molecule has 3 aromatic rings. The van der Waals surface area contributed by atoms with E-state index in [1.807, 2.05) is 30.3 Å². The molecule has 5 rings (SSSR count). The molecule has 9 nitrogen and oxygen atoms in total. The number of benzene rings is 1. The Labute approximate surface area is 173 Å². The normalized spacial score (nSPS) is 24.6. The van der Waals surface area contributed by atoms with Crippen LogP contribution in [0.4, 0.5) is 5.82 Å². The van der Waals surface area contributed by atoms with Crippen molar-refractivity contribution in [3.05, 3.63) is 65.6 Å². The van der Waals surface area contributed by atoms with Crippen molar-refractivity contribution in [2.24, 2.45) is 11.8 Å². The Morgan fingerprint density at radius 2 is 1.97 bits per heavy atom. The van der Waals surface area contributed by atoms with E-state index < -0.39 is 11.9 Å². The molecule has 3 heterocycles. The van der Waals surface area contributed by atoms with Crippen LogP contribution < -0.4 is 10.2 Å². The molecule has 1 aliphatic carbocycles. The number of likely N-dealkylation sites (N-methyl/N-ethyl adjacent to an activating group) is 1. The van der Waals surface area contributed by atoms with Crippen LogP contribution in [-0.2, 0) is 11.2 Å². The van der Waals surface area contributed by atoms with Gasteiger partial charge in [-0.05, 0) is 11.5 Å². The zero-order valence-corrected chi connectivity index (χ0v) is 16.6. The third-order valence-electron chi connectivity index (χ3n) is 6.00. The van der Waals surface area contributed by atoms with Crippen LogP contribution in [0.2, 0.25) is 0 Å². The van der Waals surface area contributed by atoms with Crippen molar-refractivity contribution < 1.29 is 9.59 Å². The summed E-state index contributed by atoms with van der Waals surface area (Å²) in [6, 6.07) is 9.13. The van der Waals surface area contributed by atoms with Crippen molar-refractivity contribution in [3.8, 4) is 0 Å². The first-order chi connectivity index (χ1) is 14.5. The minimum atomic E-state index is -0.672. The molecular formula is C21H21N7O2. The van der Waals surface area contributed by atoms with Gasteiger partial charge in [-0.15, -0.1) is 5.10 Å². The van der Waals surface area contributed by atoms with Gasteiger partial charge in [0.15, 0.2) is 5.82 Å². The Hall–Kier alpha value is -3.62. The zero-order chi connectivity index (χ0) is 20.8. The summed E-state index contributed by atoms with van der Waals surface area (Å²) < 4.78 is 0. The summed E-state index contributed by atoms with van der Waals surface area (Å²) in [6.45, 7) is 2.07. The smallest absolute Gasteiger partial charge is 0.291 e. The van der Waals surface area contributed by atoms with E-state index in [-0.39, 0.29) is 29.5 Å². The second-order valence-corrected chi connectivity index (χ2v) is 7.84. The van der Waals surface area contributed by atoms with Crippen molar-refractivity contribution in [1.29, 1.82) is 0 Å². The van der Waals surface area contributed by atoms with Crippen LogP contribution in [-0.4, -0.2) is 50.1 Å². The minimum absolute atomic E-state index is 0.0235. The van der Waals surface area contributed by atoms with Crippen LogP contribution in [0.5, 0.6) is 0 Å². The fourth-order valence-corrected chi connectivity index (χ4v) is 4.38. The number of amides is 2.